The summed E-state index contributed by atoms with van der Waals surface area (Å²) >= 11 is 0. The van der Waals surface area contributed by atoms with Crippen LogP contribution in [0, 0.1) is 0 Å². The lowest BCUT2D eigenvalue weighted by atomic mass is 10.0. The molecule has 0 amide bonds. The third-order valence-corrected chi connectivity index (χ3v) is 2.63. The van der Waals surface area contributed by atoms with E-state index in [1.807, 2.05) is 0 Å². The predicted molar refractivity (Wildman–Crippen MR) is 64.6 cm³/mol. The average molecular weight is 247 g/mol. The topological polar surface area (TPSA) is 30.0 Å². The monoisotopic (exact) mass is 247 g/mol. The molecule has 1 aromatic heterocycles. The first-order chi connectivity index (χ1) is 8.52. The maximum absolute atomic E-state index is 13.1. The van der Waals surface area contributed by atoms with E-state index in [9.17, 15) is 13.6 Å². The summed E-state index contributed by atoms with van der Waals surface area (Å²) in [5.74, 6) is -2.86. The number of aldehydes is 1. The molecule has 0 N–H and O–H groups in total. The minimum absolute atomic E-state index is 0.0603. The van der Waals surface area contributed by atoms with E-state index >= 15 is 0 Å². The maximum Gasteiger partial charge on any atom is 0.270 e. The van der Waals surface area contributed by atoms with E-state index in [-0.39, 0.29) is 5.56 Å². The number of rotatable bonds is 3. The number of halogens is 2. The Bertz CT molecular complexity index is 559. The van der Waals surface area contributed by atoms with Crippen molar-refractivity contribution in [2.24, 2.45) is 0 Å². The lowest BCUT2D eigenvalue weighted by Gasteiger charge is -2.11. The predicted octanol–water partition coefficient (Wildman–Crippen LogP) is 3.67. The summed E-state index contributed by atoms with van der Waals surface area (Å²) in [5, 5.41) is 0. The van der Waals surface area contributed by atoms with Crippen LogP contribution in [0.15, 0.2) is 42.6 Å². The summed E-state index contributed by atoms with van der Waals surface area (Å²) in [5.41, 5.74) is 1.52. The lowest BCUT2D eigenvalue weighted by molar-refractivity contribution is 0.0175. The highest BCUT2D eigenvalue weighted by molar-refractivity contribution is 5.85. The van der Waals surface area contributed by atoms with Crippen LogP contribution in [0.25, 0.3) is 11.3 Å². The molecule has 2 aromatic rings. The third kappa shape index (κ3) is 2.42. The molecular formula is C14H11F2NO. The number of hydrogen-bond donors (Lipinski definition) is 0. The number of pyridine rings is 1. The van der Waals surface area contributed by atoms with Gasteiger partial charge in [0.15, 0.2) is 6.29 Å². The van der Waals surface area contributed by atoms with Gasteiger partial charge in [-0.1, -0.05) is 24.3 Å². The largest absolute Gasteiger partial charge is 0.298 e. The molecule has 2 nitrogen and oxygen atoms in total. The molecule has 2 rings (SSSR count). The molecule has 0 saturated heterocycles. The summed E-state index contributed by atoms with van der Waals surface area (Å²) in [4.78, 5) is 15.0. The van der Waals surface area contributed by atoms with Crippen molar-refractivity contribution in [1.82, 2.24) is 4.98 Å². The van der Waals surface area contributed by atoms with Crippen LogP contribution in [0.5, 0.6) is 0 Å². The summed E-state index contributed by atoms with van der Waals surface area (Å²) in [6.07, 6.45) is 2.26. The maximum atomic E-state index is 13.1. The molecule has 0 radical (unpaired) electrons. The van der Waals surface area contributed by atoms with E-state index in [1.54, 1.807) is 30.5 Å². The van der Waals surface area contributed by atoms with Crippen LogP contribution in [0.3, 0.4) is 0 Å². The van der Waals surface area contributed by atoms with Crippen LogP contribution in [0.1, 0.15) is 22.8 Å². The molecule has 92 valence electrons. The van der Waals surface area contributed by atoms with E-state index in [0.717, 1.165) is 6.92 Å². The zero-order valence-electron chi connectivity index (χ0n) is 9.73. The fourth-order valence-corrected chi connectivity index (χ4v) is 1.67. The van der Waals surface area contributed by atoms with Crippen molar-refractivity contribution in [3.8, 4) is 11.3 Å². The molecule has 18 heavy (non-hydrogen) atoms. The van der Waals surface area contributed by atoms with Crippen LogP contribution in [0.2, 0.25) is 0 Å². The molecule has 0 aliphatic carbocycles. The molecular weight excluding hydrogens is 236 g/mol. The Hall–Kier alpha value is -2.10. The molecule has 1 aromatic carbocycles. The minimum Gasteiger partial charge on any atom is -0.298 e. The Kier molecular flexibility index (Phi) is 3.19. The molecule has 0 bridgehead atoms. The molecule has 0 fully saturated rings. The number of nitrogens with zero attached hydrogens (tertiary/aromatic N) is 1. The van der Waals surface area contributed by atoms with Crippen LogP contribution in [-0.2, 0) is 5.92 Å². The standard InChI is InChI=1S/C14H11F2NO/c1-14(15,16)12-6-4-10(5-7-12)13-11(9-18)3-2-8-17-13/h2-9H,1H3. The number of hydrogen-bond acceptors (Lipinski definition) is 2. The van der Waals surface area contributed by atoms with Gasteiger partial charge in [0.1, 0.15) is 0 Å². The van der Waals surface area contributed by atoms with Gasteiger partial charge < -0.3 is 0 Å². The first-order valence-electron chi connectivity index (χ1n) is 5.41. The number of benzene rings is 1. The Balaban J connectivity index is 2.44. The zero-order valence-corrected chi connectivity index (χ0v) is 9.73. The van der Waals surface area contributed by atoms with Crippen LogP contribution >= 0.6 is 0 Å². The molecule has 0 saturated carbocycles. The molecule has 0 aliphatic heterocycles. The SMILES string of the molecule is CC(F)(F)c1ccc(-c2ncccc2C=O)cc1. The second kappa shape index (κ2) is 4.64. The minimum atomic E-state index is -2.86. The van der Waals surface area contributed by atoms with Crippen molar-refractivity contribution in [3.05, 3.63) is 53.7 Å². The van der Waals surface area contributed by atoms with Gasteiger partial charge in [-0.05, 0) is 12.1 Å². The average Bonchev–Trinajstić information content (AvgIpc) is 2.38. The van der Waals surface area contributed by atoms with Crippen LogP contribution < -0.4 is 0 Å². The fourth-order valence-electron chi connectivity index (χ4n) is 1.67. The Morgan fingerprint density at radius 3 is 2.39 bits per heavy atom. The van der Waals surface area contributed by atoms with Gasteiger partial charge >= 0.3 is 0 Å². The van der Waals surface area contributed by atoms with E-state index in [0.29, 0.717) is 23.1 Å². The third-order valence-electron chi connectivity index (χ3n) is 2.63. The first kappa shape index (κ1) is 12.4. The summed E-state index contributed by atoms with van der Waals surface area (Å²) in [6.45, 7) is 0.847. The quantitative estimate of drug-likeness (QED) is 0.774. The van der Waals surface area contributed by atoms with Crippen LogP contribution in [-0.4, -0.2) is 11.3 Å². The van der Waals surface area contributed by atoms with Crippen LogP contribution in [0.4, 0.5) is 8.78 Å². The van der Waals surface area contributed by atoms with Gasteiger partial charge in [0.2, 0.25) is 0 Å². The Labute approximate surface area is 103 Å². The van der Waals surface area contributed by atoms with E-state index < -0.39 is 5.92 Å². The van der Waals surface area contributed by atoms with Crippen molar-refractivity contribution in [2.75, 3.05) is 0 Å². The second-order valence-corrected chi connectivity index (χ2v) is 4.02. The zero-order chi connectivity index (χ0) is 13.2. The number of carbonyl (C=O) groups excluding carboxylic acids is 1. The highest BCUT2D eigenvalue weighted by atomic mass is 19.3. The molecule has 0 spiro atoms. The van der Waals surface area contributed by atoms with E-state index in [1.165, 1.54) is 12.1 Å². The highest BCUT2D eigenvalue weighted by Gasteiger charge is 2.23. The number of aromatic nitrogens is 1. The summed E-state index contributed by atoms with van der Waals surface area (Å²) in [7, 11) is 0. The molecule has 4 heteroatoms. The smallest absolute Gasteiger partial charge is 0.270 e. The fraction of sp³-hybridized carbons (Fsp3) is 0.143. The van der Waals surface area contributed by atoms with Gasteiger partial charge in [0.25, 0.3) is 5.92 Å². The normalized spacial score (nSPS) is 11.3. The number of alkyl halides is 2. The van der Waals surface area contributed by atoms with Crippen molar-refractivity contribution >= 4 is 6.29 Å². The van der Waals surface area contributed by atoms with E-state index in [2.05, 4.69) is 4.98 Å². The first-order valence-corrected chi connectivity index (χ1v) is 5.41. The summed E-state index contributed by atoms with van der Waals surface area (Å²) in [6, 6.07) is 9.07. The van der Waals surface area contributed by atoms with Gasteiger partial charge in [-0.3, -0.25) is 9.78 Å². The molecule has 0 aliphatic rings. The van der Waals surface area contributed by atoms with Gasteiger partial charge in [-0.25, -0.2) is 8.78 Å². The molecule has 1 heterocycles. The van der Waals surface area contributed by atoms with Gasteiger partial charge in [-0.2, -0.15) is 0 Å². The Morgan fingerprint density at radius 1 is 1.17 bits per heavy atom. The van der Waals surface area contributed by atoms with Crippen molar-refractivity contribution in [3.63, 3.8) is 0 Å². The molecule has 0 atom stereocenters. The van der Waals surface area contributed by atoms with Gasteiger partial charge in [0.05, 0.1) is 5.69 Å². The van der Waals surface area contributed by atoms with E-state index in [4.69, 9.17) is 0 Å². The molecule has 0 unspecified atom stereocenters. The lowest BCUT2D eigenvalue weighted by Crippen LogP contribution is -2.06. The van der Waals surface area contributed by atoms with Gasteiger partial charge in [0, 0.05) is 29.8 Å². The van der Waals surface area contributed by atoms with Crippen molar-refractivity contribution < 1.29 is 13.6 Å². The van der Waals surface area contributed by atoms with Crippen molar-refractivity contribution in [2.45, 2.75) is 12.8 Å². The van der Waals surface area contributed by atoms with Gasteiger partial charge in [-0.15, -0.1) is 0 Å². The second-order valence-electron chi connectivity index (χ2n) is 4.02. The highest BCUT2D eigenvalue weighted by Crippen LogP contribution is 2.29. The van der Waals surface area contributed by atoms with Crippen molar-refractivity contribution in [1.29, 1.82) is 0 Å². The Morgan fingerprint density at radius 2 is 1.83 bits per heavy atom. The summed E-state index contributed by atoms with van der Waals surface area (Å²) < 4.78 is 26.1. The number of carbonyl (C=O) groups is 1.